The first kappa shape index (κ1) is 21.8. The Morgan fingerprint density at radius 2 is 1.97 bits per heavy atom. The molecule has 9 heteroatoms. The van der Waals surface area contributed by atoms with Gasteiger partial charge in [0.05, 0.1) is 18.3 Å². The molecule has 0 unspecified atom stereocenters. The van der Waals surface area contributed by atoms with Crippen LogP contribution >= 0.6 is 0 Å². The topological polar surface area (TPSA) is 112 Å². The zero-order chi connectivity index (χ0) is 22.6. The highest BCUT2D eigenvalue weighted by Gasteiger charge is 2.20. The van der Waals surface area contributed by atoms with Crippen molar-refractivity contribution in [2.75, 3.05) is 11.9 Å². The number of pyridine rings is 1. The zero-order valence-corrected chi connectivity index (χ0v) is 17.7. The molecule has 3 aromatic rings. The lowest BCUT2D eigenvalue weighted by atomic mass is 10.2. The van der Waals surface area contributed by atoms with Gasteiger partial charge in [-0.3, -0.25) is 4.79 Å². The van der Waals surface area contributed by atoms with E-state index in [4.69, 9.17) is 13.9 Å². The molecule has 0 saturated heterocycles. The summed E-state index contributed by atoms with van der Waals surface area (Å²) in [5.74, 6) is -1.11. The van der Waals surface area contributed by atoms with Gasteiger partial charge in [0.1, 0.15) is 16.9 Å². The number of hydrogen-bond donors (Lipinski definition) is 1. The van der Waals surface area contributed by atoms with Gasteiger partial charge in [-0.05, 0) is 58.0 Å². The Bertz CT molecular complexity index is 1150. The van der Waals surface area contributed by atoms with Crippen LogP contribution in [0.1, 0.15) is 54.4 Å². The maximum Gasteiger partial charge on any atom is 0.374 e. The molecule has 3 heterocycles. The molecule has 31 heavy (non-hydrogen) atoms. The third kappa shape index (κ3) is 5.59. The summed E-state index contributed by atoms with van der Waals surface area (Å²) in [6.07, 6.45) is 5.74. The lowest BCUT2D eigenvalue weighted by Gasteiger charge is -2.18. The van der Waals surface area contributed by atoms with Gasteiger partial charge in [-0.1, -0.05) is 0 Å². The number of esters is 2. The standard InChI is InChI=1S/C22H23N3O6/c1-5-29-20(27)16-13-23-25-11-10-14(12-17(16)25)24-19(26)9-7-15-6-8-18(30-15)21(28)31-22(2,3)4/h6-13H,5H2,1-4H3,(H,24,26)/b9-7+. The van der Waals surface area contributed by atoms with E-state index in [0.717, 1.165) is 0 Å². The van der Waals surface area contributed by atoms with Crippen LogP contribution in [0.4, 0.5) is 5.69 Å². The van der Waals surface area contributed by atoms with Gasteiger partial charge >= 0.3 is 11.9 Å². The number of hydrogen-bond acceptors (Lipinski definition) is 7. The van der Waals surface area contributed by atoms with Gasteiger partial charge in [-0.25, -0.2) is 14.1 Å². The van der Waals surface area contributed by atoms with E-state index in [0.29, 0.717) is 22.5 Å². The first-order chi connectivity index (χ1) is 14.7. The summed E-state index contributed by atoms with van der Waals surface area (Å²) >= 11 is 0. The monoisotopic (exact) mass is 425 g/mol. The molecular weight excluding hydrogens is 402 g/mol. The van der Waals surface area contributed by atoms with Gasteiger partial charge in [-0.2, -0.15) is 5.10 Å². The van der Waals surface area contributed by atoms with Crippen LogP contribution in [0.15, 0.2) is 47.2 Å². The zero-order valence-electron chi connectivity index (χ0n) is 17.7. The Kier molecular flexibility index (Phi) is 6.24. The van der Waals surface area contributed by atoms with Crippen LogP contribution < -0.4 is 5.32 Å². The number of anilines is 1. The van der Waals surface area contributed by atoms with Crippen LogP contribution in [0.5, 0.6) is 0 Å². The minimum Gasteiger partial charge on any atom is -0.462 e. The molecule has 0 aliphatic heterocycles. The number of nitrogens with zero attached hydrogens (tertiary/aromatic N) is 2. The summed E-state index contributed by atoms with van der Waals surface area (Å²) in [4.78, 5) is 36.3. The molecule has 0 saturated carbocycles. The molecule has 1 amide bonds. The Balaban J connectivity index is 1.67. The predicted molar refractivity (Wildman–Crippen MR) is 113 cm³/mol. The molecule has 0 radical (unpaired) electrons. The van der Waals surface area contributed by atoms with Crippen molar-refractivity contribution in [2.24, 2.45) is 0 Å². The van der Waals surface area contributed by atoms with E-state index < -0.39 is 23.4 Å². The largest absolute Gasteiger partial charge is 0.462 e. The van der Waals surface area contributed by atoms with E-state index in [1.807, 2.05) is 0 Å². The normalized spacial score (nSPS) is 11.6. The summed E-state index contributed by atoms with van der Waals surface area (Å²) in [5.41, 5.74) is 0.651. The van der Waals surface area contributed by atoms with Gasteiger partial charge in [0.2, 0.25) is 11.7 Å². The SMILES string of the molecule is CCOC(=O)c1cnn2ccc(NC(=O)/C=C/c3ccc(C(=O)OC(C)(C)C)o3)cc12. The van der Waals surface area contributed by atoms with Crippen molar-refractivity contribution < 1.29 is 28.3 Å². The lowest BCUT2D eigenvalue weighted by Crippen LogP contribution is -2.23. The summed E-state index contributed by atoms with van der Waals surface area (Å²) in [6.45, 7) is 7.25. The number of fused-ring (bicyclic) bond motifs is 1. The Morgan fingerprint density at radius 3 is 2.68 bits per heavy atom. The molecular formula is C22H23N3O6. The summed E-state index contributed by atoms with van der Waals surface area (Å²) in [7, 11) is 0. The molecule has 9 nitrogen and oxygen atoms in total. The minimum absolute atomic E-state index is 0.0488. The fourth-order valence-electron chi connectivity index (χ4n) is 2.65. The van der Waals surface area contributed by atoms with E-state index in [-0.39, 0.29) is 12.4 Å². The summed E-state index contributed by atoms with van der Waals surface area (Å²) in [6, 6.07) is 6.32. The quantitative estimate of drug-likeness (QED) is 0.473. The van der Waals surface area contributed by atoms with Gasteiger partial charge in [0, 0.05) is 18.0 Å². The number of nitrogens with one attached hydrogen (secondary N) is 1. The molecule has 0 aliphatic carbocycles. The fourth-order valence-corrected chi connectivity index (χ4v) is 2.65. The molecule has 1 N–H and O–H groups in total. The number of amides is 1. The molecule has 0 atom stereocenters. The average Bonchev–Trinajstić information content (AvgIpc) is 3.32. The molecule has 0 aromatic carbocycles. The highest BCUT2D eigenvalue weighted by atomic mass is 16.6. The Hall–Kier alpha value is -3.88. The fraction of sp³-hybridized carbons (Fsp3) is 0.273. The second kappa shape index (κ2) is 8.86. The predicted octanol–water partition coefficient (Wildman–Crippen LogP) is 3.71. The average molecular weight is 425 g/mol. The number of aromatic nitrogens is 2. The molecule has 0 fully saturated rings. The van der Waals surface area contributed by atoms with Crippen molar-refractivity contribution >= 4 is 35.1 Å². The van der Waals surface area contributed by atoms with Crippen molar-refractivity contribution in [1.29, 1.82) is 0 Å². The van der Waals surface area contributed by atoms with Crippen LogP contribution in [-0.2, 0) is 14.3 Å². The third-order valence-corrected chi connectivity index (χ3v) is 3.91. The van der Waals surface area contributed by atoms with Crippen molar-refractivity contribution in [1.82, 2.24) is 9.61 Å². The highest BCUT2D eigenvalue weighted by Crippen LogP contribution is 2.18. The van der Waals surface area contributed by atoms with Crippen molar-refractivity contribution in [2.45, 2.75) is 33.3 Å². The maximum atomic E-state index is 12.3. The van der Waals surface area contributed by atoms with Crippen molar-refractivity contribution in [3.8, 4) is 0 Å². The van der Waals surface area contributed by atoms with Gasteiger partial charge in [0.25, 0.3) is 0 Å². The molecule has 3 aromatic heterocycles. The summed E-state index contributed by atoms with van der Waals surface area (Å²) < 4.78 is 17.2. The number of ether oxygens (including phenoxy) is 2. The number of rotatable bonds is 6. The Labute approximate surface area is 178 Å². The number of furan rings is 1. The van der Waals surface area contributed by atoms with Crippen LogP contribution in [0.2, 0.25) is 0 Å². The van der Waals surface area contributed by atoms with Crippen LogP contribution in [0.3, 0.4) is 0 Å². The molecule has 3 rings (SSSR count). The lowest BCUT2D eigenvalue weighted by molar-refractivity contribution is -0.111. The minimum atomic E-state index is -0.635. The van der Waals surface area contributed by atoms with E-state index >= 15 is 0 Å². The van der Waals surface area contributed by atoms with E-state index in [1.54, 1.807) is 52.1 Å². The summed E-state index contributed by atoms with van der Waals surface area (Å²) in [5, 5.41) is 6.80. The van der Waals surface area contributed by atoms with Crippen LogP contribution in [-0.4, -0.2) is 39.7 Å². The number of carbonyl (C=O) groups is 3. The van der Waals surface area contributed by atoms with E-state index in [9.17, 15) is 14.4 Å². The van der Waals surface area contributed by atoms with Crippen molar-refractivity contribution in [3.05, 3.63) is 59.8 Å². The molecule has 162 valence electrons. The maximum absolute atomic E-state index is 12.3. The Morgan fingerprint density at radius 1 is 1.19 bits per heavy atom. The van der Waals surface area contributed by atoms with E-state index in [1.165, 1.54) is 28.9 Å². The second-order valence-corrected chi connectivity index (χ2v) is 7.55. The van der Waals surface area contributed by atoms with Crippen LogP contribution in [0.25, 0.3) is 11.6 Å². The third-order valence-electron chi connectivity index (χ3n) is 3.91. The molecule has 0 bridgehead atoms. The van der Waals surface area contributed by atoms with Crippen molar-refractivity contribution in [3.63, 3.8) is 0 Å². The first-order valence-electron chi connectivity index (χ1n) is 9.63. The highest BCUT2D eigenvalue weighted by molar-refractivity contribution is 6.03. The number of carbonyl (C=O) groups excluding carboxylic acids is 3. The van der Waals surface area contributed by atoms with Gasteiger partial charge in [0.15, 0.2) is 0 Å². The molecule has 0 spiro atoms. The van der Waals surface area contributed by atoms with Gasteiger partial charge < -0.3 is 19.2 Å². The smallest absolute Gasteiger partial charge is 0.374 e. The van der Waals surface area contributed by atoms with Crippen LogP contribution in [0, 0.1) is 0 Å². The molecule has 0 aliphatic rings. The van der Waals surface area contributed by atoms with Gasteiger partial charge in [-0.15, -0.1) is 0 Å². The first-order valence-corrected chi connectivity index (χ1v) is 9.63. The second-order valence-electron chi connectivity index (χ2n) is 7.55. The van der Waals surface area contributed by atoms with E-state index in [2.05, 4.69) is 10.4 Å².